The first kappa shape index (κ1) is 21.4. The van der Waals surface area contributed by atoms with E-state index in [0.29, 0.717) is 18.4 Å². The minimum atomic E-state index is -3.23. The predicted molar refractivity (Wildman–Crippen MR) is 107 cm³/mol. The summed E-state index contributed by atoms with van der Waals surface area (Å²) in [6.45, 7) is 5.77. The highest BCUT2D eigenvalue weighted by Gasteiger charge is 2.50. The molecule has 2 aliphatic rings. The van der Waals surface area contributed by atoms with Crippen LogP contribution in [0.5, 0.6) is 0 Å². The molecule has 1 N–H and O–H groups in total. The second-order valence-corrected chi connectivity index (χ2v) is 9.34. The summed E-state index contributed by atoms with van der Waals surface area (Å²) in [6.07, 6.45) is 2.93. The summed E-state index contributed by atoms with van der Waals surface area (Å²) in [5, 5.41) is 11.1. The van der Waals surface area contributed by atoms with Crippen LogP contribution in [0.25, 0.3) is 0 Å². The Morgan fingerprint density at radius 3 is 2.52 bits per heavy atom. The molecule has 3 atom stereocenters. The van der Waals surface area contributed by atoms with Crippen LogP contribution >= 0.6 is 0 Å². The number of hydrogen-bond acceptors (Lipinski definition) is 6. The third kappa shape index (κ3) is 4.65. The van der Waals surface area contributed by atoms with Gasteiger partial charge in [-0.2, -0.15) is 9.40 Å². The number of nitrogens with zero attached hydrogens (tertiary/aromatic N) is 5. The fourth-order valence-corrected chi connectivity index (χ4v) is 5.66. The van der Waals surface area contributed by atoms with Crippen molar-refractivity contribution in [2.75, 3.05) is 25.9 Å². The average Bonchev–Trinajstić information content (AvgIpc) is 3.36. The van der Waals surface area contributed by atoms with Crippen LogP contribution in [0.2, 0.25) is 0 Å². The number of carboxylic acid groups (broad SMARTS) is 1. The molecule has 0 unspecified atom stereocenters. The van der Waals surface area contributed by atoms with Crippen LogP contribution in [0.4, 0.5) is 0 Å². The van der Waals surface area contributed by atoms with Gasteiger partial charge in [0.1, 0.15) is 12.2 Å². The van der Waals surface area contributed by atoms with Crippen LogP contribution in [-0.4, -0.2) is 69.9 Å². The molecule has 0 saturated carbocycles. The van der Waals surface area contributed by atoms with Crippen LogP contribution in [0.1, 0.15) is 24.4 Å². The zero-order valence-corrected chi connectivity index (χ0v) is 17.4. The van der Waals surface area contributed by atoms with Crippen LogP contribution in [0.3, 0.4) is 0 Å². The highest BCUT2D eigenvalue weighted by atomic mass is 32.2. The molecule has 2 fully saturated rings. The lowest BCUT2D eigenvalue weighted by atomic mass is 9.90. The molecule has 9 nitrogen and oxygen atoms in total. The second kappa shape index (κ2) is 9.02. The Kier molecular flexibility index (Phi) is 6.66. The lowest BCUT2D eigenvalue weighted by Gasteiger charge is -2.28. The number of aromatic nitrogens is 3. The van der Waals surface area contributed by atoms with Gasteiger partial charge in [-0.3, -0.25) is 9.69 Å². The quantitative estimate of drug-likeness (QED) is 0.719. The topological polar surface area (TPSA) is 109 Å². The van der Waals surface area contributed by atoms with Gasteiger partial charge in [-0.15, -0.1) is 0 Å². The van der Waals surface area contributed by atoms with Crippen molar-refractivity contribution in [2.24, 2.45) is 11.8 Å². The lowest BCUT2D eigenvalue weighted by molar-refractivity contribution is -0.122. The Balaban J connectivity index is 0.000000755. The number of rotatable bonds is 5. The van der Waals surface area contributed by atoms with E-state index in [1.807, 2.05) is 35.0 Å². The minimum absolute atomic E-state index is 0.0785. The number of carbonyl (C=O) groups is 1. The number of benzene rings is 1. The summed E-state index contributed by atoms with van der Waals surface area (Å²) in [7, 11) is -3.23. The molecule has 2 aliphatic heterocycles. The summed E-state index contributed by atoms with van der Waals surface area (Å²) < 4.78 is 28.3. The molecular formula is C19H27N5O4S. The molecule has 0 amide bonds. The third-order valence-electron chi connectivity index (χ3n) is 5.62. The molecular weight excluding hydrogens is 394 g/mol. The second-order valence-electron chi connectivity index (χ2n) is 7.40. The number of likely N-dealkylation sites (tertiary alicyclic amines) is 1. The van der Waals surface area contributed by atoms with E-state index in [-0.39, 0.29) is 12.5 Å². The smallest absolute Gasteiger partial charge is 0.290 e. The molecule has 2 aromatic rings. The van der Waals surface area contributed by atoms with E-state index in [4.69, 9.17) is 9.90 Å². The minimum Gasteiger partial charge on any atom is -0.483 e. The molecule has 2 saturated heterocycles. The maximum absolute atomic E-state index is 12.4. The van der Waals surface area contributed by atoms with Crippen molar-refractivity contribution in [3.63, 3.8) is 0 Å². The van der Waals surface area contributed by atoms with Gasteiger partial charge >= 0.3 is 0 Å². The molecule has 1 aromatic carbocycles. The van der Waals surface area contributed by atoms with Crippen molar-refractivity contribution in [3.05, 3.63) is 48.0 Å². The molecule has 0 bridgehead atoms. The first-order chi connectivity index (χ1) is 13.9. The third-order valence-corrected chi connectivity index (χ3v) is 6.85. The van der Waals surface area contributed by atoms with E-state index in [0.717, 1.165) is 37.6 Å². The van der Waals surface area contributed by atoms with Crippen molar-refractivity contribution < 1.29 is 18.3 Å². The maximum atomic E-state index is 12.4. The van der Waals surface area contributed by atoms with Crippen molar-refractivity contribution in [1.82, 2.24) is 24.0 Å². The Labute approximate surface area is 171 Å². The normalized spacial score (nSPS) is 24.7. The van der Waals surface area contributed by atoms with Gasteiger partial charge in [-0.05, 0) is 24.3 Å². The first-order valence-electron chi connectivity index (χ1n) is 9.57. The average molecular weight is 422 g/mol. The maximum Gasteiger partial charge on any atom is 0.290 e. The van der Waals surface area contributed by atoms with Gasteiger partial charge < -0.3 is 5.11 Å². The van der Waals surface area contributed by atoms with Gasteiger partial charge in [0.25, 0.3) is 6.47 Å². The van der Waals surface area contributed by atoms with Crippen molar-refractivity contribution in [3.8, 4) is 0 Å². The van der Waals surface area contributed by atoms with E-state index in [2.05, 4.69) is 21.9 Å². The first-order valence-corrected chi connectivity index (χ1v) is 11.4. The van der Waals surface area contributed by atoms with Crippen molar-refractivity contribution in [2.45, 2.75) is 26.1 Å². The zero-order chi connectivity index (χ0) is 21.0. The summed E-state index contributed by atoms with van der Waals surface area (Å²) in [6, 6.07) is 9.95. The van der Waals surface area contributed by atoms with Crippen LogP contribution in [0, 0.1) is 11.8 Å². The van der Waals surface area contributed by atoms with Crippen LogP contribution in [0.15, 0.2) is 36.7 Å². The lowest BCUT2D eigenvalue weighted by Crippen LogP contribution is -2.35. The summed E-state index contributed by atoms with van der Waals surface area (Å²) in [5.74, 6) is 1.64. The highest BCUT2D eigenvalue weighted by Crippen LogP contribution is 2.46. The Bertz CT molecular complexity index is 918. The summed E-state index contributed by atoms with van der Waals surface area (Å²) in [4.78, 5) is 15.1. The molecule has 4 rings (SSSR count). The van der Waals surface area contributed by atoms with Crippen molar-refractivity contribution in [1.29, 1.82) is 0 Å². The Morgan fingerprint density at radius 2 is 1.90 bits per heavy atom. The Morgan fingerprint density at radius 1 is 1.21 bits per heavy atom. The molecule has 3 heterocycles. The largest absolute Gasteiger partial charge is 0.483 e. The van der Waals surface area contributed by atoms with Crippen LogP contribution in [-0.2, 0) is 27.9 Å². The van der Waals surface area contributed by atoms with Gasteiger partial charge in [-0.25, -0.2) is 18.1 Å². The predicted octanol–water partition coefficient (Wildman–Crippen LogP) is 1.06. The molecule has 0 aliphatic carbocycles. The van der Waals surface area contributed by atoms with Crippen LogP contribution < -0.4 is 0 Å². The number of sulfonamides is 1. The van der Waals surface area contributed by atoms with E-state index in [1.54, 1.807) is 10.6 Å². The number of fused-ring (bicyclic) bond motifs is 1. The van der Waals surface area contributed by atoms with Gasteiger partial charge in [-0.1, -0.05) is 30.3 Å². The number of aryl methyl sites for hydroxylation is 1. The molecule has 1 aromatic heterocycles. The van der Waals surface area contributed by atoms with Crippen molar-refractivity contribution >= 4 is 16.5 Å². The monoisotopic (exact) mass is 421 g/mol. The van der Waals surface area contributed by atoms with Gasteiger partial charge in [0.05, 0.1) is 18.8 Å². The van der Waals surface area contributed by atoms with Gasteiger partial charge in [0.2, 0.25) is 10.0 Å². The highest BCUT2D eigenvalue weighted by molar-refractivity contribution is 7.88. The summed E-state index contributed by atoms with van der Waals surface area (Å²) in [5.41, 5.74) is 1.09. The van der Waals surface area contributed by atoms with E-state index in [1.165, 1.54) is 6.26 Å². The SMILES string of the molecule is CCn1ncnc1CN1C[C@@H]2CN(S(C)(=O)=O)[C@@H](c3ccccc3)[C@@H]2C1.O=CO. The molecule has 158 valence electrons. The number of hydrogen-bond donors (Lipinski definition) is 1. The fourth-order valence-electron chi connectivity index (χ4n) is 4.51. The summed E-state index contributed by atoms with van der Waals surface area (Å²) >= 11 is 0. The Hall–Kier alpha value is -2.30. The molecule has 29 heavy (non-hydrogen) atoms. The molecule has 10 heteroatoms. The van der Waals surface area contributed by atoms with Gasteiger partial charge in [0.15, 0.2) is 0 Å². The van der Waals surface area contributed by atoms with Gasteiger partial charge in [0, 0.05) is 26.2 Å². The van der Waals surface area contributed by atoms with E-state index in [9.17, 15) is 8.42 Å². The van der Waals surface area contributed by atoms with E-state index >= 15 is 0 Å². The zero-order valence-electron chi connectivity index (χ0n) is 16.6. The fraction of sp³-hybridized carbons (Fsp3) is 0.526. The molecule has 0 radical (unpaired) electrons. The van der Waals surface area contributed by atoms with E-state index < -0.39 is 10.0 Å². The standard InChI is InChI=1S/C18H25N5O2S.CH2O2/c1-3-22-17(19-13-20-22)12-21-9-15-10-23(26(2,24)25)18(16(15)11-21)14-7-5-4-6-8-14;2-1-3/h4-8,13,15-16,18H,3,9-12H2,1-2H3;1H,(H,2,3)/t15-,16-,18+;/m1./s1. The molecule has 0 spiro atoms.